The molecular formula is C11H17F6N3OS. The van der Waals surface area contributed by atoms with Gasteiger partial charge in [-0.2, -0.15) is 31.4 Å². The van der Waals surface area contributed by atoms with Crippen molar-refractivity contribution in [2.24, 2.45) is 16.8 Å². The molecule has 0 aliphatic carbocycles. The van der Waals surface area contributed by atoms with Gasteiger partial charge >= 0.3 is 12.4 Å². The molecule has 0 rings (SSSR count). The highest BCUT2D eigenvalue weighted by Crippen LogP contribution is 2.48. The van der Waals surface area contributed by atoms with Crippen molar-refractivity contribution in [3.05, 3.63) is 0 Å². The quantitative estimate of drug-likeness (QED) is 0.216. The van der Waals surface area contributed by atoms with E-state index in [0.29, 0.717) is 19.1 Å². The van der Waals surface area contributed by atoms with Gasteiger partial charge in [-0.1, -0.05) is 26.2 Å². The second-order valence-electron chi connectivity index (χ2n) is 4.62. The minimum atomic E-state index is -5.91. The van der Waals surface area contributed by atoms with Gasteiger partial charge in [0.1, 0.15) is 0 Å². The van der Waals surface area contributed by atoms with E-state index < -0.39 is 35.4 Å². The van der Waals surface area contributed by atoms with Crippen molar-refractivity contribution in [2.75, 3.05) is 0 Å². The number of nitrogens with one attached hydrogen (secondary N) is 1. The maximum atomic E-state index is 12.8. The van der Waals surface area contributed by atoms with Crippen LogP contribution in [0.3, 0.4) is 0 Å². The Morgan fingerprint density at radius 1 is 1.23 bits per heavy atom. The van der Waals surface area contributed by atoms with E-state index in [4.69, 9.17) is 5.73 Å². The van der Waals surface area contributed by atoms with Crippen molar-refractivity contribution < 1.29 is 31.4 Å². The Morgan fingerprint density at radius 3 is 2.09 bits per heavy atom. The third-order valence-corrected chi connectivity index (χ3v) is 3.04. The number of hydrogen-bond donors (Lipinski definition) is 3. The van der Waals surface area contributed by atoms with E-state index in [1.54, 1.807) is 6.92 Å². The summed E-state index contributed by atoms with van der Waals surface area (Å²) in [4.78, 5) is 0. The number of nitrogens with two attached hydrogens (primary N) is 1. The smallest absolute Gasteiger partial charge is 0.375 e. The summed E-state index contributed by atoms with van der Waals surface area (Å²) < 4.78 is 77.1. The standard InChI is InChI=1S/C11H17F6N3OS/c1-2-3-4-5-7(6-19-20-8(18)22)9(21,10(12,13)14)11(15,16)17/h6-7,21H,2-5H2,1H3,(H3,18,20,22)/b19-6+/t7-/m0/s1. The summed E-state index contributed by atoms with van der Waals surface area (Å²) >= 11 is 4.34. The summed E-state index contributed by atoms with van der Waals surface area (Å²) in [5, 5.41) is 12.1. The number of rotatable bonds is 7. The van der Waals surface area contributed by atoms with E-state index in [1.807, 2.05) is 5.43 Å². The number of unbranched alkanes of at least 4 members (excludes halogenated alkanes) is 2. The number of nitrogens with zero attached hydrogens (tertiary/aromatic N) is 1. The van der Waals surface area contributed by atoms with Crippen LogP contribution in [-0.4, -0.2) is 34.4 Å². The van der Waals surface area contributed by atoms with Crippen LogP contribution in [0, 0.1) is 5.92 Å². The van der Waals surface area contributed by atoms with Gasteiger partial charge in [0.2, 0.25) is 0 Å². The number of alkyl halides is 6. The molecule has 0 unspecified atom stereocenters. The Hall–Kier alpha value is -1.10. The van der Waals surface area contributed by atoms with Crippen LogP contribution in [0.25, 0.3) is 0 Å². The van der Waals surface area contributed by atoms with E-state index in [9.17, 15) is 31.4 Å². The first-order valence-corrected chi connectivity index (χ1v) is 6.73. The molecule has 0 amide bonds. The van der Waals surface area contributed by atoms with Gasteiger partial charge in [0.15, 0.2) is 5.11 Å². The molecule has 130 valence electrons. The molecule has 4 N–H and O–H groups in total. The maximum Gasteiger partial charge on any atom is 0.426 e. The van der Waals surface area contributed by atoms with Crippen molar-refractivity contribution in [2.45, 2.75) is 50.6 Å². The van der Waals surface area contributed by atoms with Crippen LogP contribution in [0.1, 0.15) is 32.6 Å². The van der Waals surface area contributed by atoms with E-state index in [0.717, 1.165) is 0 Å². The number of hydrogen-bond acceptors (Lipinski definition) is 3. The minimum Gasteiger partial charge on any atom is -0.375 e. The molecule has 0 saturated heterocycles. The van der Waals surface area contributed by atoms with Crippen LogP contribution >= 0.6 is 12.2 Å². The molecule has 1 atom stereocenters. The van der Waals surface area contributed by atoms with Crippen LogP contribution in [0.15, 0.2) is 5.10 Å². The maximum absolute atomic E-state index is 12.8. The van der Waals surface area contributed by atoms with Crippen LogP contribution in [0.2, 0.25) is 0 Å². The summed E-state index contributed by atoms with van der Waals surface area (Å²) in [5.74, 6) is -2.32. The molecule has 0 aromatic rings. The zero-order valence-corrected chi connectivity index (χ0v) is 12.4. The van der Waals surface area contributed by atoms with Crippen LogP contribution in [0.4, 0.5) is 26.3 Å². The van der Waals surface area contributed by atoms with Crippen molar-refractivity contribution in [3.63, 3.8) is 0 Å². The van der Waals surface area contributed by atoms with Crippen LogP contribution in [0.5, 0.6) is 0 Å². The molecule has 0 fully saturated rings. The zero-order chi connectivity index (χ0) is 17.6. The summed E-state index contributed by atoms with van der Waals surface area (Å²) in [6, 6.07) is 0. The van der Waals surface area contributed by atoms with Crippen molar-refractivity contribution in [3.8, 4) is 0 Å². The molecule has 0 aliphatic rings. The molecule has 11 heteroatoms. The molecule has 0 aromatic heterocycles. The largest absolute Gasteiger partial charge is 0.426 e. The molecule has 0 bridgehead atoms. The normalized spacial score (nSPS) is 15.1. The lowest BCUT2D eigenvalue weighted by Crippen LogP contribution is -2.62. The van der Waals surface area contributed by atoms with Crippen LogP contribution < -0.4 is 11.2 Å². The first-order valence-electron chi connectivity index (χ1n) is 6.32. The second-order valence-corrected chi connectivity index (χ2v) is 5.06. The number of halogens is 6. The molecule has 0 heterocycles. The molecule has 22 heavy (non-hydrogen) atoms. The topological polar surface area (TPSA) is 70.6 Å². The number of aliphatic hydroxyl groups is 1. The summed E-state index contributed by atoms with van der Waals surface area (Å²) in [5.41, 5.74) is 1.96. The monoisotopic (exact) mass is 353 g/mol. The first-order chi connectivity index (χ1) is 9.88. The predicted molar refractivity (Wildman–Crippen MR) is 73.1 cm³/mol. The SMILES string of the molecule is CCCCC[C@@H](/C=N/NC(N)=S)C(O)(C(F)(F)F)C(F)(F)F. The van der Waals surface area contributed by atoms with Gasteiger partial charge in [0.25, 0.3) is 5.60 Å². The molecule has 0 aromatic carbocycles. The number of hydrazone groups is 1. The predicted octanol–water partition coefficient (Wildman–Crippen LogP) is 2.86. The van der Waals surface area contributed by atoms with E-state index in [2.05, 4.69) is 17.3 Å². The number of thiocarbonyl (C=S) groups is 1. The average Bonchev–Trinajstić information content (AvgIpc) is 2.33. The van der Waals surface area contributed by atoms with Crippen molar-refractivity contribution >= 4 is 23.5 Å². The second kappa shape index (κ2) is 7.95. The van der Waals surface area contributed by atoms with Crippen molar-refractivity contribution in [1.82, 2.24) is 5.43 Å². The van der Waals surface area contributed by atoms with Gasteiger partial charge in [-0.3, -0.25) is 5.43 Å². The Morgan fingerprint density at radius 2 is 1.73 bits per heavy atom. The fraction of sp³-hybridized carbons (Fsp3) is 0.818. The van der Waals surface area contributed by atoms with E-state index in [-0.39, 0.29) is 6.42 Å². The fourth-order valence-electron chi connectivity index (χ4n) is 1.78. The average molecular weight is 353 g/mol. The molecule has 0 radical (unpaired) electrons. The molecule has 0 saturated carbocycles. The lowest BCUT2D eigenvalue weighted by atomic mass is 9.83. The zero-order valence-electron chi connectivity index (χ0n) is 11.6. The Balaban J connectivity index is 5.55. The van der Waals surface area contributed by atoms with E-state index in [1.165, 1.54) is 0 Å². The minimum absolute atomic E-state index is 0.0642. The fourth-order valence-corrected chi connectivity index (χ4v) is 1.83. The Kier molecular flexibility index (Phi) is 7.55. The van der Waals surface area contributed by atoms with Gasteiger partial charge in [0.05, 0.1) is 0 Å². The third kappa shape index (κ3) is 5.27. The molecule has 4 nitrogen and oxygen atoms in total. The Labute approximate surface area is 128 Å². The summed E-state index contributed by atoms with van der Waals surface area (Å²) in [7, 11) is 0. The van der Waals surface area contributed by atoms with Gasteiger partial charge < -0.3 is 10.8 Å². The van der Waals surface area contributed by atoms with E-state index >= 15 is 0 Å². The van der Waals surface area contributed by atoms with Crippen LogP contribution in [-0.2, 0) is 0 Å². The summed E-state index contributed by atoms with van der Waals surface area (Å²) in [6.07, 6.45) is -10.9. The lowest BCUT2D eigenvalue weighted by Gasteiger charge is -2.37. The van der Waals surface area contributed by atoms with Gasteiger partial charge in [-0.05, 0) is 18.6 Å². The highest BCUT2D eigenvalue weighted by Gasteiger charge is 2.73. The first kappa shape index (κ1) is 20.9. The molecule has 0 spiro atoms. The third-order valence-electron chi connectivity index (χ3n) is 2.95. The van der Waals surface area contributed by atoms with Crippen molar-refractivity contribution in [1.29, 1.82) is 0 Å². The molecule has 0 aliphatic heterocycles. The summed E-state index contributed by atoms with van der Waals surface area (Å²) in [6.45, 7) is 1.73. The Bertz CT molecular complexity index is 382. The van der Waals surface area contributed by atoms with Gasteiger partial charge in [-0.15, -0.1) is 0 Å². The highest BCUT2D eigenvalue weighted by atomic mass is 32.1. The highest BCUT2D eigenvalue weighted by molar-refractivity contribution is 7.80. The lowest BCUT2D eigenvalue weighted by molar-refractivity contribution is -0.378. The van der Waals surface area contributed by atoms with Gasteiger partial charge in [0, 0.05) is 12.1 Å². The van der Waals surface area contributed by atoms with Gasteiger partial charge in [-0.25, -0.2) is 0 Å². The molecular weight excluding hydrogens is 336 g/mol.